The van der Waals surface area contributed by atoms with Gasteiger partial charge < -0.3 is 0 Å². The summed E-state index contributed by atoms with van der Waals surface area (Å²) >= 11 is 0. The monoisotopic (exact) mass is 320 g/mol. The lowest BCUT2D eigenvalue weighted by Crippen LogP contribution is -2.23. The van der Waals surface area contributed by atoms with E-state index in [-0.39, 0.29) is 10.8 Å². The van der Waals surface area contributed by atoms with Crippen LogP contribution in [-0.4, -0.2) is 0 Å². The molecule has 0 unspecified atom stereocenters. The van der Waals surface area contributed by atoms with Crippen LogP contribution in [0.25, 0.3) is 0 Å². The number of hydrogen-bond donors (Lipinski definition) is 0. The Morgan fingerprint density at radius 3 is 1.29 bits per heavy atom. The van der Waals surface area contributed by atoms with E-state index in [4.69, 9.17) is 0 Å². The molecule has 0 heterocycles. The third kappa shape index (κ3) is 3.04. The van der Waals surface area contributed by atoms with Crippen LogP contribution < -0.4 is 0 Å². The van der Waals surface area contributed by atoms with Gasteiger partial charge in [0.05, 0.1) is 0 Å². The van der Waals surface area contributed by atoms with Crippen molar-refractivity contribution < 1.29 is 0 Å². The first-order chi connectivity index (χ1) is 11.0. The second-order valence-electron chi connectivity index (χ2n) is 9.75. The first kappa shape index (κ1) is 17.3. The molecule has 0 nitrogen and oxygen atoms in total. The molecule has 128 valence electrons. The zero-order valence-electron chi connectivity index (χ0n) is 16.7. The van der Waals surface area contributed by atoms with E-state index in [1.807, 2.05) is 0 Å². The molecule has 0 spiro atoms. The summed E-state index contributed by atoms with van der Waals surface area (Å²) in [6.07, 6.45) is 2.17. The van der Waals surface area contributed by atoms with E-state index in [1.54, 1.807) is 11.1 Å². The van der Waals surface area contributed by atoms with E-state index >= 15 is 0 Å². The van der Waals surface area contributed by atoms with E-state index in [2.05, 4.69) is 79.7 Å². The molecule has 0 saturated heterocycles. The van der Waals surface area contributed by atoms with Crippen molar-refractivity contribution in [3.63, 3.8) is 0 Å². The summed E-state index contributed by atoms with van der Waals surface area (Å²) in [4.78, 5) is 0. The zero-order chi connectivity index (χ0) is 17.9. The third-order valence-electron chi connectivity index (χ3n) is 5.32. The highest BCUT2D eigenvalue weighted by Crippen LogP contribution is 2.40. The Labute approximate surface area is 148 Å². The van der Waals surface area contributed by atoms with Gasteiger partial charge in [0.2, 0.25) is 0 Å². The highest BCUT2D eigenvalue weighted by Gasteiger charge is 2.28. The molecule has 0 fully saturated rings. The summed E-state index contributed by atoms with van der Waals surface area (Å²) in [6, 6.07) is 9.64. The lowest BCUT2D eigenvalue weighted by molar-refractivity contribution is 0.572. The van der Waals surface area contributed by atoms with Crippen LogP contribution in [0.2, 0.25) is 0 Å². The Kier molecular flexibility index (Phi) is 3.94. The van der Waals surface area contributed by atoms with E-state index in [1.165, 1.54) is 33.4 Å². The largest absolute Gasteiger partial charge is 0.0561 e. The van der Waals surface area contributed by atoms with Gasteiger partial charge in [0, 0.05) is 0 Å². The molecule has 0 N–H and O–H groups in total. The number of benzene rings is 2. The molecule has 3 rings (SSSR count). The van der Waals surface area contributed by atoms with E-state index in [9.17, 15) is 0 Å². The van der Waals surface area contributed by atoms with Crippen LogP contribution in [0.1, 0.15) is 86.1 Å². The van der Waals surface area contributed by atoms with Crippen molar-refractivity contribution in [2.45, 2.75) is 79.1 Å². The zero-order valence-corrected chi connectivity index (χ0v) is 16.7. The predicted molar refractivity (Wildman–Crippen MR) is 105 cm³/mol. The molecule has 0 heteroatoms. The van der Waals surface area contributed by atoms with Gasteiger partial charge in [-0.2, -0.15) is 0 Å². The molecule has 0 saturated carbocycles. The molecule has 0 atom stereocenters. The standard InChI is InChI=1S/C24H32/c1-15-9-17-13-18-10-16(2)12-22(24(6,7)8)20(18)14-19(17)21(11-15)23(3,4)5/h9-12H,13-14H2,1-8H3. The number of fused-ring (bicyclic) bond motifs is 2. The summed E-state index contributed by atoms with van der Waals surface area (Å²) in [5, 5.41) is 0. The molecule has 0 aromatic heterocycles. The van der Waals surface area contributed by atoms with Crippen molar-refractivity contribution >= 4 is 0 Å². The number of aryl methyl sites for hydroxylation is 2. The third-order valence-corrected chi connectivity index (χ3v) is 5.32. The van der Waals surface area contributed by atoms with Gasteiger partial charge in [0.1, 0.15) is 0 Å². The van der Waals surface area contributed by atoms with Crippen LogP contribution in [0.5, 0.6) is 0 Å². The normalized spacial score (nSPS) is 14.3. The fraction of sp³-hybridized carbons (Fsp3) is 0.500. The van der Waals surface area contributed by atoms with Gasteiger partial charge >= 0.3 is 0 Å². The second-order valence-corrected chi connectivity index (χ2v) is 9.75. The Morgan fingerprint density at radius 2 is 0.958 bits per heavy atom. The lowest BCUT2D eigenvalue weighted by atomic mass is 9.71. The van der Waals surface area contributed by atoms with Gasteiger partial charge in [0.25, 0.3) is 0 Å². The fourth-order valence-electron chi connectivity index (χ4n) is 4.24. The van der Waals surface area contributed by atoms with Crippen LogP contribution >= 0.6 is 0 Å². The van der Waals surface area contributed by atoms with Crippen LogP contribution in [0, 0.1) is 13.8 Å². The Bertz CT molecular complexity index is 725. The highest BCUT2D eigenvalue weighted by atomic mass is 14.3. The van der Waals surface area contributed by atoms with Gasteiger partial charge in [0.15, 0.2) is 0 Å². The van der Waals surface area contributed by atoms with Crippen molar-refractivity contribution in [1.29, 1.82) is 0 Å². The molecule has 2 aromatic rings. The highest BCUT2D eigenvalue weighted by molar-refractivity contribution is 5.55. The smallest absolute Gasteiger partial charge is 0.00142 e. The average molecular weight is 321 g/mol. The summed E-state index contributed by atoms with van der Waals surface area (Å²) in [7, 11) is 0. The van der Waals surface area contributed by atoms with Crippen LogP contribution in [0.3, 0.4) is 0 Å². The first-order valence-electron chi connectivity index (χ1n) is 9.22. The molecule has 1 aliphatic carbocycles. The minimum absolute atomic E-state index is 0.195. The van der Waals surface area contributed by atoms with Crippen molar-refractivity contribution in [1.82, 2.24) is 0 Å². The molecule has 24 heavy (non-hydrogen) atoms. The van der Waals surface area contributed by atoms with E-state index in [0.717, 1.165) is 12.8 Å². The molecule has 0 aliphatic heterocycles. The predicted octanol–water partition coefficient (Wildman–Crippen LogP) is 6.39. The number of rotatable bonds is 0. The molecule has 0 radical (unpaired) electrons. The van der Waals surface area contributed by atoms with E-state index in [0.29, 0.717) is 0 Å². The topological polar surface area (TPSA) is 0 Å². The minimum Gasteiger partial charge on any atom is -0.0561 e. The average Bonchev–Trinajstić information content (AvgIpc) is 2.41. The Balaban J connectivity index is 2.23. The second kappa shape index (κ2) is 5.48. The van der Waals surface area contributed by atoms with Gasteiger partial charge in [-0.3, -0.25) is 0 Å². The molecular formula is C24H32. The maximum absolute atomic E-state index is 2.41. The lowest BCUT2D eigenvalue weighted by Gasteiger charge is -2.33. The molecular weight excluding hydrogens is 288 g/mol. The Morgan fingerprint density at radius 1 is 0.583 bits per heavy atom. The fourth-order valence-corrected chi connectivity index (χ4v) is 4.24. The molecule has 0 bridgehead atoms. The van der Waals surface area contributed by atoms with Gasteiger partial charge in [-0.15, -0.1) is 0 Å². The summed E-state index contributed by atoms with van der Waals surface area (Å²) in [6.45, 7) is 18.5. The summed E-state index contributed by atoms with van der Waals surface area (Å²) in [5.74, 6) is 0. The van der Waals surface area contributed by atoms with Crippen molar-refractivity contribution in [3.8, 4) is 0 Å². The summed E-state index contributed by atoms with van der Waals surface area (Å²) in [5.41, 5.74) is 12.5. The van der Waals surface area contributed by atoms with Crippen LogP contribution in [0.15, 0.2) is 24.3 Å². The quantitative estimate of drug-likeness (QED) is 0.450. The Hall–Kier alpha value is -1.56. The van der Waals surface area contributed by atoms with Gasteiger partial charge in [-0.25, -0.2) is 0 Å². The van der Waals surface area contributed by atoms with Gasteiger partial charge in [-0.05, 0) is 70.9 Å². The SMILES string of the molecule is Cc1cc2c(c(C(C)(C)C)c1)Cc1c(cc(C)cc1C(C)(C)C)C2. The van der Waals surface area contributed by atoms with Crippen LogP contribution in [-0.2, 0) is 23.7 Å². The van der Waals surface area contributed by atoms with Crippen LogP contribution in [0.4, 0.5) is 0 Å². The maximum atomic E-state index is 2.41. The van der Waals surface area contributed by atoms with E-state index < -0.39 is 0 Å². The molecule has 1 aliphatic rings. The maximum Gasteiger partial charge on any atom is -0.00142 e. The molecule has 0 amide bonds. The van der Waals surface area contributed by atoms with Crippen molar-refractivity contribution in [2.75, 3.05) is 0 Å². The van der Waals surface area contributed by atoms with Crippen molar-refractivity contribution in [3.05, 3.63) is 68.8 Å². The minimum atomic E-state index is 0.195. The molecule has 2 aromatic carbocycles. The number of hydrogen-bond acceptors (Lipinski definition) is 0. The first-order valence-corrected chi connectivity index (χ1v) is 9.22. The summed E-state index contributed by atoms with van der Waals surface area (Å²) < 4.78 is 0. The van der Waals surface area contributed by atoms with Gasteiger partial charge in [-0.1, -0.05) is 76.9 Å². The van der Waals surface area contributed by atoms with Crippen molar-refractivity contribution in [2.24, 2.45) is 0 Å².